The summed E-state index contributed by atoms with van der Waals surface area (Å²) in [7, 11) is 0. The third-order valence-electron chi connectivity index (χ3n) is 5.94. The maximum atomic E-state index is 12.6. The zero-order valence-electron chi connectivity index (χ0n) is 21.2. The van der Waals surface area contributed by atoms with Gasteiger partial charge in [0.1, 0.15) is 5.75 Å². The number of aryl methyl sites for hydroxylation is 1. The van der Waals surface area contributed by atoms with Gasteiger partial charge in [-0.1, -0.05) is 105 Å². The van der Waals surface area contributed by atoms with Gasteiger partial charge in [0, 0.05) is 16.5 Å². The summed E-state index contributed by atoms with van der Waals surface area (Å²) in [5, 5.41) is 4.07. The maximum absolute atomic E-state index is 12.6. The minimum atomic E-state index is -0.430. The van der Waals surface area contributed by atoms with Crippen molar-refractivity contribution in [3.8, 4) is 5.75 Å². The fraction of sp³-hybridized carbons (Fsp3) is 0.483. The SMILES string of the molecule is CCCCCCCCCCCCCC(=O)N/N=C/c1cc(Br)ccc1OC(=O)c1ccccc1C. The molecule has 0 aliphatic carbocycles. The van der Waals surface area contributed by atoms with Crippen molar-refractivity contribution in [2.45, 2.75) is 90.9 Å². The number of rotatable bonds is 16. The Morgan fingerprint density at radius 2 is 1.54 bits per heavy atom. The summed E-state index contributed by atoms with van der Waals surface area (Å²) in [6, 6.07) is 12.6. The van der Waals surface area contributed by atoms with E-state index >= 15 is 0 Å². The first-order valence-electron chi connectivity index (χ1n) is 12.9. The average molecular weight is 544 g/mol. The third-order valence-corrected chi connectivity index (χ3v) is 6.43. The van der Waals surface area contributed by atoms with Gasteiger partial charge in [-0.25, -0.2) is 10.2 Å². The van der Waals surface area contributed by atoms with Gasteiger partial charge in [0.25, 0.3) is 0 Å². The van der Waals surface area contributed by atoms with E-state index < -0.39 is 5.97 Å². The fourth-order valence-corrected chi connectivity index (χ4v) is 4.23. The second-order valence-corrected chi connectivity index (χ2v) is 9.88. The normalized spacial score (nSPS) is 11.1. The van der Waals surface area contributed by atoms with Crippen LogP contribution in [0.3, 0.4) is 0 Å². The fourth-order valence-electron chi connectivity index (χ4n) is 3.85. The number of carbonyl (C=O) groups excluding carboxylic acids is 2. The predicted molar refractivity (Wildman–Crippen MR) is 147 cm³/mol. The van der Waals surface area contributed by atoms with Crippen molar-refractivity contribution in [2.24, 2.45) is 5.10 Å². The zero-order chi connectivity index (χ0) is 25.3. The molecule has 2 aromatic carbocycles. The lowest BCUT2D eigenvalue weighted by molar-refractivity contribution is -0.121. The first-order valence-corrected chi connectivity index (χ1v) is 13.7. The summed E-state index contributed by atoms with van der Waals surface area (Å²) in [6.45, 7) is 4.11. The molecule has 190 valence electrons. The van der Waals surface area contributed by atoms with Crippen LogP contribution in [0.1, 0.15) is 105 Å². The lowest BCUT2D eigenvalue weighted by Crippen LogP contribution is -2.17. The van der Waals surface area contributed by atoms with E-state index in [0.717, 1.165) is 22.9 Å². The molecule has 0 heterocycles. The summed E-state index contributed by atoms with van der Waals surface area (Å²) in [6.07, 6.45) is 15.7. The Morgan fingerprint density at radius 1 is 0.914 bits per heavy atom. The molecule has 35 heavy (non-hydrogen) atoms. The van der Waals surface area contributed by atoms with Crippen LogP contribution in [0.2, 0.25) is 0 Å². The van der Waals surface area contributed by atoms with Gasteiger partial charge in [-0.2, -0.15) is 5.10 Å². The van der Waals surface area contributed by atoms with Gasteiger partial charge < -0.3 is 4.74 Å². The lowest BCUT2D eigenvalue weighted by Gasteiger charge is -2.09. The number of esters is 1. The Labute approximate surface area is 218 Å². The first-order chi connectivity index (χ1) is 17.0. The van der Waals surface area contributed by atoms with Crippen molar-refractivity contribution in [1.82, 2.24) is 5.43 Å². The van der Waals surface area contributed by atoms with E-state index in [1.807, 2.05) is 19.1 Å². The van der Waals surface area contributed by atoms with Crippen LogP contribution in [-0.4, -0.2) is 18.1 Å². The largest absolute Gasteiger partial charge is 0.422 e. The Morgan fingerprint density at radius 3 is 2.20 bits per heavy atom. The molecule has 0 saturated heterocycles. The number of unbranched alkanes of at least 4 members (excludes halogenated alkanes) is 10. The van der Waals surface area contributed by atoms with Crippen LogP contribution >= 0.6 is 15.9 Å². The maximum Gasteiger partial charge on any atom is 0.343 e. The standard InChI is InChI=1S/C29H39BrN2O3/c1-3-4-5-6-7-8-9-10-11-12-13-18-28(33)32-31-22-24-21-25(30)19-20-27(24)35-29(34)26-17-15-14-16-23(26)2/h14-17,19-22H,3-13,18H2,1-2H3,(H,32,33)/b31-22+. The van der Waals surface area contributed by atoms with Crippen LogP contribution in [0, 0.1) is 6.92 Å². The molecular formula is C29H39BrN2O3. The number of carbonyl (C=O) groups is 2. The smallest absolute Gasteiger partial charge is 0.343 e. The summed E-state index contributed by atoms with van der Waals surface area (Å²) in [4.78, 5) is 24.7. The van der Waals surface area contributed by atoms with E-state index in [4.69, 9.17) is 4.74 Å². The Hall–Kier alpha value is -2.47. The van der Waals surface area contributed by atoms with Crippen molar-refractivity contribution in [3.05, 3.63) is 63.6 Å². The highest BCUT2D eigenvalue weighted by atomic mass is 79.9. The summed E-state index contributed by atoms with van der Waals surface area (Å²) < 4.78 is 6.43. The van der Waals surface area contributed by atoms with Crippen LogP contribution in [0.15, 0.2) is 52.0 Å². The molecule has 0 bridgehead atoms. The zero-order valence-corrected chi connectivity index (χ0v) is 22.7. The minimum absolute atomic E-state index is 0.106. The molecule has 1 N–H and O–H groups in total. The van der Waals surface area contributed by atoms with Crippen molar-refractivity contribution in [3.63, 3.8) is 0 Å². The van der Waals surface area contributed by atoms with Gasteiger partial charge in [-0.15, -0.1) is 0 Å². The molecule has 5 nitrogen and oxygen atoms in total. The van der Waals surface area contributed by atoms with Gasteiger partial charge in [-0.3, -0.25) is 4.79 Å². The summed E-state index contributed by atoms with van der Waals surface area (Å²) >= 11 is 3.43. The van der Waals surface area contributed by atoms with Crippen LogP contribution in [0.5, 0.6) is 5.75 Å². The molecule has 0 radical (unpaired) electrons. The Balaban J connectivity index is 1.71. The van der Waals surface area contributed by atoms with Crippen LogP contribution in [-0.2, 0) is 4.79 Å². The van der Waals surface area contributed by atoms with E-state index in [-0.39, 0.29) is 5.91 Å². The van der Waals surface area contributed by atoms with Crippen LogP contribution in [0.25, 0.3) is 0 Å². The minimum Gasteiger partial charge on any atom is -0.422 e. The second-order valence-electron chi connectivity index (χ2n) is 8.97. The quantitative estimate of drug-likeness (QED) is 0.0764. The number of halogens is 1. The number of benzene rings is 2. The number of ether oxygens (including phenoxy) is 1. The number of nitrogens with one attached hydrogen (secondary N) is 1. The molecule has 0 atom stereocenters. The first kappa shape index (κ1) is 28.8. The Bertz CT molecular complexity index is 959. The van der Waals surface area contributed by atoms with Gasteiger partial charge in [-0.05, 0) is 43.2 Å². The molecule has 0 unspecified atom stereocenters. The lowest BCUT2D eigenvalue weighted by atomic mass is 10.1. The van der Waals surface area contributed by atoms with Crippen molar-refractivity contribution >= 4 is 34.0 Å². The molecular weight excluding hydrogens is 504 g/mol. The molecule has 0 spiro atoms. The topological polar surface area (TPSA) is 67.8 Å². The van der Waals surface area contributed by atoms with Crippen LogP contribution < -0.4 is 10.2 Å². The average Bonchev–Trinajstić information content (AvgIpc) is 2.84. The van der Waals surface area contributed by atoms with Gasteiger partial charge in [0.05, 0.1) is 11.8 Å². The number of nitrogens with zero attached hydrogens (tertiary/aromatic N) is 1. The summed E-state index contributed by atoms with van der Waals surface area (Å²) in [5.41, 5.74) is 4.54. The third kappa shape index (κ3) is 11.7. The second kappa shape index (κ2) is 17.0. The van der Waals surface area contributed by atoms with Gasteiger partial charge >= 0.3 is 5.97 Å². The predicted octanol–water partition coefficient (Wildman–Crippen LogP) is 8.13. The van der Waals surface area contributed by atoms with E-state index in [1.54, 1.807) is 30.3 Å². The van der Waals surface area contributed by atoms with E-state index in [0.29, 0.717) is 23.3 Å². The number of amides is 1. The molecule has 2 rings (SSSR count). The molecule has 2 aromatic rings. The monoisotopic (exact) mass is 542 g/mol. The molecule has 0 saturated carbocycles. The van der Waals surface area contributed by atoms with E-state index in [1.165, 1.54) is 64.0 Å². The van der Waals surface area contributed by atoms with Crippen molar-refractivity contribution < 1.29 is 14.3 Å². The molecule has 0 aromatic heterocycles. The van der Waals surface area contributed by atoms with Gasteiger partial charge in [0.15, 0.2) is 0 Å². The highest BCUT2D eigenvalue weighted by Crippen LogP contribution is 2.23. The molecule has 6 heteroatoms. The van der Waals surface area contributed by atoms with Crippen molar-refractivity contribution in [2.75, 3.05) is 0 Å². The number of hydrogen-bond acceptors (Lipinski definition) is 4. The Kier molecular flexibility index (Phi) is 14.0. The van der Waals surface area contributed by atoms with E-state index in [2.05, 4.69) is 33.4 Å². The number of hydrogen-bond donors (Lipinski definition) is 1. The molecule has 0 aliphatic rings. The van der Waals surface area contributed by atoms with Crippen LogP contribution in [0.4, 0.5) is 0 Å². The highest BCUT2D eigenvalue weighted by Gasteiger charge is 2.13. The van der Waals surface area contributed by atoms with E-state index in [9.17, 15) is 9.59 Å². The van der Waals surface area contributed by atoms with Gasteiger partial charge in [0.2, 0.25) is 5.91 Å². The molecule has 0 fully saturated rings. The summed E-state index contributed by atoms with van der Waals surface area (Å²) in [5.74, 6) is -0.156. The molecule has 0 aliphatic heterocycles. The molecule has 1 amide bonds. The van der Waals surface area contributed by atoms with Crippen molar-refractivity contribution in [1.29, 1.82) is 0 Å². The highest BCUT2D eigenvalue weighted by molar-refractivity contribution is 9.10. The number of hydrazone groups is 1.